The lowest BCUT2D eigenvalue weighted by molar-refractivity contribution is -0.142. The summed E-state index contributed by atoms with van der Waals surface area (Å²) in [6.45, 7) is 11.4. The van der Waals surface area contributed by atoms with Gasteiger partial charge in [-0.1, -0.05) is 93.3 Å². The fourth-order valence-corrected chi connectivity index (χ4v) is 4.95. The molecule has 0 radical (unpaired) electrons. The Kier molecular flexibility index (Phi) is 8.42. The Morgan fingerprint density at radius 2 is 1.43 bits per heavy atom. The van der Waals surface area contributed by atoms with E-state index >= 15 is 0 Å². The van der Waals surface area contributed by atoms with Crippen molar-refractivity contribution in [3.63, 3.8) is 0 Å². The van der Waals surface area contributed by atoms with Gasteiger partial charge in [-0.25, -0.2) is 9.97 Å². The van der Waals surface area contributed by atoms with Gasteiger partial charge in [-0.05, 0) is 45.1 Å². The molecule has 2 heterocycles. The summed E-state index contributed by atoms with van der Waals surface area (Å²) in [6.07, 6.45) is 4.35. The van der Waals surface area contributed by atoms with Crippen LogP contribution in [0.3, 0.4) is 0 Å². The highest BCUT2D eigenvalue weighted by Crippen LogP contribution is 2.33. The van der Waals surface area contributed by atoms with Crippen molar-refractivity contribution in [3.05, 3.63) is 71.4 Å². The molecule has 1 atom stereocenters. The Morgan fingerprint density at radius 1 is 0.865 bits per heavy atom. The predicted octanol–water partition coefficient (Wildman–Crippen LogP) is 8.18. The van der Waals surface area contributed by atoms with Crippen molar-refractivity contribution < 1.29 is 9.90 Å². The average molecular weight is 498 g/mol. The highest BCUT2D eigenvalue weighted by molar-refractivity contribution is 5.86. The Bertz CT molecular complexity index is 1350. The first-order chi connectivity index (χ1) is 17.8. The maximum atomic E-state index is 11.3. The van der Waals surface area contributed by atoms with E-state index in [1.165, 1.54) is 16.8 Å². The van der Waals surface area contributed by atoms with Gasteiger partial charge >= 0.3 is 5.97 Å². The maximum Gasteiger partial charge on any atom is 0.306 e. The van der Waals surface area contributed by atoms with Gasteiger partial charge in [0.1, 0.15) is 5.52 Å². The number of rotatable bonds is 11. The molecule has 4 aromatic rings. The molecule has 5 heteroatoms. The minimum atomic E-state index is -0.677. The van der Waals surface area contributed by atoms with Crippen molar-refractivity contribution in [2.75, 3.05) is 0 Å². The first-order valence-electron chi connectivity index (χ1n) is 13.6. The van der Waals surface area contributed by atoms with E-state index in [2.05, 4.69) is 86.9 Å². The van der Waals surface area contributed by atoms with Gasteiger partial charge in [0.25, 0.3) is 0 Å². The molecule has 0 spiro atoms. The SMILES string of the molecule is CCC(CCCCCn1c(C(C)C)cc2nc(-c3ccc(C)cc3)c(-c3ccc(C)cc3)nc21)C(=O)O. The number of nitrogens with zero attached hydrogens (tertiary/aromatic N) is 3. The molecule has 4 rings (SSSR count). The van der Waals surface area contributed by atoms with Crippen LogP contribution >= 0.6 is 0 Å². The van der Waals surface area contributed by atoms with Crippen molar-refractivity contribution >= 4 is 17.1 Å². The molecule has 5 nitrogen and oxygen atoms in total. The van der Waals surface area contributed by atoms with E-state index in [9.17, 15) is 9.90 Å². The quantitative estimate of drug-likeness (QED) is 0.212. The second-order valence-electron chi connectivity index (χ2n) is 10.5. The highest BCUT2D eigenvalue weighted by atomic mass is 16.4. The lowest BCUT2D eigenvalue weighted by Crippen LogP contribution is -2.12. The zero-order valence-electron chi connectivity index (χ0n) is 22.8. The molecule has 0 aliphatic heterocycles. The Labute approximate surface area is 220 Å². The molecule has 0 saturated heterocycles. The Hall–Kier alpha value is -3.47. The molecular formula is C32H39N3O2. The summed E-state index contributed by atoms with van der Waals surface area (Å²) in [6, 6.07) is 19.2. The summed E-state index contributed by atoms with van der Waals surface area (Å²) in [5, 5.41) is 9.33. The summed E-state index contributed by atoms with van der Waals surface area (Å²) in [5.74, 6) is -0.566. The van der Waals surface area contributed by atoms with E-state index in [-0.39, 0.29) is 5.92 Å². The van der Waals surface area contributed by atoms with Crippen molar-refractivity contribution in [1.29, 1.82) is 0 Å². The molecule has 37 heavy (non-hydrogen) atoms. The summed E-state index contributed by atoms with van der Waals surface area (Å²) in [4.78, 5) is 21.8. The number of aryl methyl sites for hydroxylation is 3. The van der Waals surface area contributed by atoms with Crippen molar-refractivity contribution in [2.24, 2.45) is 5.92 Å². The fourth-order valence-electron chi connectivity index (χ4n) is 4.95. The van der Waals surface area contributed by atoms with Gasteiger partial charge in [0.15, 0.2) is 5.65 Å². The molecule has 1 N–H and O–H groups in total. The van der Waals surface area contributed by atoms with Gasteiger partial charge in [0, 0.05) is 23.4 Å². The number of carboxylic acid groups (broad SMARTS) is 1. The van der Waals surface area contributed by atoms with Crippen LogP contribution in [-0.2, 0) is 11.3 Å². The van der Waals surface area contributed by atoms with Gasteiger partial charge in [-0.2, -0.15) is 0 Å². The highest BCUT2D eigenvalue weighted by Gasteiger charge is 2.19. The second-order valence-corrected chi connectivity index (χ2v) is 10.5. The van der Waals surface area contributed by atoms with Crippen LogP contribution in [0.1, 0.15) is 75.6 Å². The first kappa shape index (κ1) is 26.6. The molecule has 0 saturated carbocycles. The van der Waals surface area contributed by atoms with E-state index in [1.807, 2.05) is 6.92 Å². The molecule has 2 aromatic heterocycles. The number of carboxylic acids is 1. The number of hydrogen-bond acceptors (Lipinski definition) is 3. The molecule has 0 aliphatic rings. The van der Waals surface area contributed by atoms with E-state index in [0.717, 1.165) is 65.9 Å². The zero-order chi connectivity index (χ0) is 26.5. The number of fused-ring (bicyclic) bond motifs is 1. The van der Waals surface area contributed by atoms with Gasteiger partial charge in [-0.15, -0.1) is 0 Å². The maximum absolute atomic E-state index is 11.3. The zero-order valence-corrected chi connectivity index (χ0v) is 22.8. The topological polar surface area (TPSA) is 68.0 Å². The molecule has 194 valence electrons. The average Bonchev–Trinajstić information content (AvgIpc) is 3.24. The third-order valence-corrected chi connectivity index (χ3v) is 7.27. The third-order valence-electron chi connectivity index (χ3n) is 7.27. The largest absolute Gasteiger partial charge is 0.481 e. The third kappa shape index (κ3) is 6.10. The van der Waals surface area contributed by atoms with Crippen LogP contribution in [0.15, 0.2) is 54.6 Å². The van der Waals surface area contributed by atoms with Crippen LogP contribution in [0.4, 0.5) is 0 Å². The van der Waals surface area contributed by atoms with E-state index in [1.54, 1.807) is 0 Å². The summed E-state index contributed by atoms with van der Waals surface area (Å²) < 4.78 is 2.33. The first-order valence-corrected chi connectivity index (χ1v) is 13.6. The summed E-state index contributed by atoms with van der Waals surface area (Å²) in [5.41, 5.74) is 9.46. The Balaban J connectivity index is 1.71. The molecule has 1 unspecified atom stereocenters. The smallest absolute Gasteiger partial charge is 0.306 e. The lowest BCUT2D eigenvalue weighted by atomic mass is 9.99. The molecular weight excluding hydrogens is 458 g/mol. The summed E-state index contributed by atoms with van der Waals surface area (Å²) in [7, 11) is 0. The number of unbranched alkanes of at least 4 members (excludes halogenated alkanes) is 2. The molecule has 0 amide bonds. The van der Waals surface area contributed by atoms with Crippen LogP contribution in [-0.4, -0.2) is 25.6 Å². The molecule has 2 aromatic carbocycles. The van der Waals surface area contributed by atoms with Crippen LogP contribution < -0.4 is 0 Å². The van der Waals surface area contributed by atoms with E-state index in [0.29, 0.717) is 12.3 Å². The fraction of sp³-hybridized carbons (Fsp3) is 0.406. The van der Waals surface area contributed by atoms with Crippen LogP contribution in [0.5, 0.6) is 0 Å². The number of aliphatic carboxylic acids is 1. The molecule has 0 fully saturated rings. The van der Waals surface area contributed by atoms with Crippen molar-refractivity contribution in [1.82, 2.24) is 14.5 Å². The number of aromatic nitrogens is 3. The van der Waals surface area contributed by atoms with Gasteiger partial charge < -0.3 is 9.67 Å². The van der Waals surface area contributed by atoms with Crippen molar-refractivity contribution in [2.45, 2.75) is 79.2 Å². The van der Waals surface area contributed by atoms with Crippen LogP contribution in [0, 0.1) is 19.8 Å². The lowest BCUT2D eigenvalue weighted by Gasteiger charge is -2.15. The molecule has 0 aliphatic carbocycles. The van der Waals surface area contributed by atoms with E-state index in [4.69, 9.17) is 9.97 Å². The predicted molar refractivity (Wildman–Crippen MR) is 152 cm³/mol. The van der Waals surface area contributed by atoms with Gasteiger partial charge in [-0.3, -0.25) is 4.79 Å². The Morgan fingerprint density at radius 3 is 1.95 bits per heavy atom. The minimum absolute atomic E-state index is 0.234. The number of carbonyl (C=O) groups is 1. The summed E-state index contributed by atoms with van der Waals surface area (Å²) >= 11 is 0. The van der Waals surface area contributed by atoms with Crippen LogP contribution in [0.25, 0.3) is 33.7 Å². The number of benzene rings is 2. The minimum Gasteiger partial charge on any atom is -0.481 e. The second kappa shape index (κ2) is 11.7. The van der Waals surface area contributed by atoms with Gasteiger partial charge in [0.05, 0.1) is 17.3 Å². The monoisotopic (exact) mass is 497 g/mol. The molecule has 0 bridgehead atoms. The van der Waals surface area contributed by atoms with Crippen molar-refractivity contribution in [3.8, 4) is 22.5 Å². The van der Waals surface area contributed by atoms with E-state index < -0.39 is 5.97 Å². The standard InChI is InChI=1S/C32H39N3O2/c1-6-24(32(36)37)10-8-7-9-19-35-28(21(2)3)20-27-31(35)34-30(26-17-13-23(5)14-18-26)29(33-27)25-15-11-22(4)12-16-25/h11-18,20-21,24H,6-10,19H2,1-5H3,(H,36,37). The van der Waals surface area contributed by atoms with Gasteiger partial charge in [0.2, 0.25) is 0 Å². The number of hydrogen-bond donors (Lipinski definition) is 1. The van der Waals surface area contributed by atoms with Crippen LogP contribution in [0.2, 0.25) is 0 Å². The normalized spacial score (nSPS) is 12.4.